The molecule has 1 heterocycles. The molecule has 0 radical (unpaired) electrons. The summed E-state index contributed by atoms with van der Waals surface area (Å²) in [5, 5.41) is 5.46. The van der Waals surface area contributed by atoms with Crippen molar-refractivity contribution in [2.75, 3.05) is 13.1 Å². The van der Waals surface area contributed by atoms with Gasteiger partial charge in [-0.1, -0.05) is 30.3 Å². The fraction of sp³-hybridized carbons (Fsp3) is 0.348. The van der Waals surface area contributed by atoms with Crippen LogP contribution in [0.2, 0.25) is 0 Å². The molecule has 1 aliphatic carbocycles. The zero-order valence-electron chi connectivity index (χ0n) is 16.8. The van der Waals surface area contributed by atoms with Gasteiger partial charge in [0.1, 0.15) is 17.9 Å². The average molecular weight is 409 g/mol. The molecule has 4 amide bonds. The Morgan fingerprint density at radius 2 is 1.87 bits per heavy atom. The predicted molar refractivity (Wildman–Crippen MR) is 109 cm³/mol. The van der Waals surface area contributed by atoms with Crippen LogP contribution in [0.1, 0.15) is 35.6 Å². The van der Waals surface area contributed by atoms with Crippen LogP contribution in [0.25, 0.3) is 0 Å². The lowest BCUT2D eigenvalue weighted by Gasteiger charge is -2.23. The van der Waals surface area contributed by atoms with Gasteiger partial charge >= 0.3 is 6.03 Å². The van der Waals surface area contributed by atoms with Crippen molar-refractivity contribution in [2.24, 2.45) is 0 Å². The highest BCUT2D eigenvalue weighted by Gasteiger charge is 2.49. The van der Waals surface area contributed by atoms with Crippen molar-refractivity contribution in [1.82, 2.24) is 15.5 Å². The highest BCUT2D eigenvalue weighted by atomic mass is 19.1. The maximum atomic E-state index is 13.0. The van der Waals surface area contributed by atoms with Crippen molar-refractivity contribution in [3.63, 3.8) is 0 Å². The van der Waals surface area contributed by atoms with Crippen LogP contribution < -0.4 is 10.6 Å². The fourth-order valence-corrected chi connectivity index (χ4v) is 4.12. The number of aryl methyl sites for hydroxylation is 2. The molecule has 1 fully saturated rings. The second-order valence-electron chi connectivity index (χ2n) is 8.01. The van der Waals surface area contributed by atoms with Crippen LogP contribution in [0, 0.1) is 5.82 Å². The van der Waals surface area contributed by atoms with Gasteiger partial charge in [-0.2, -0.15) is 0 Å². The van der Waals surface area contributed by atoms with Crippen molar-refractivity contribution < 1.29 is 18.8 Å². The van der Waals surface area contributed by atoms with Gasteiger partial charge < -0.3 is 10.6 Å². The van der Waals surface area contributed by atoms with Gasteiger partial charge in [-0.25, -0.2) is 9.18 Å². The second-order valence-corrected chi connectivity index (χ2v) is 8.01. The summed E-state index contributed by atoms with van der Waals surface area (Å²) >= 11 is 0. The molecule has 2 N–H and O–H groups in total. The van der Waals surface area contributed by atoms with Crippen LogP contribution in [-0.2, 0) is 34.4 Å². The zero-order chi connectivity index (χ0) is 21.3. The van der Waals surface area contributed by atoms with Crippen LogP contribution in [-0.4, -0.2) is 35.8 Å². The van der Waals surface area contributed by atoms with Crippen LogP contribution >= 0.6 is 0 Å². The third-order valence-corrected chi connectivity index (χ3v) is 5.90. The molecule has 1 saturated heterocycles. The SMILES string of the molecule is C[C@]1(c2ccc3c(c2)CCC3)NC(=O)N(CC(=O)NCCc2ccc(F)cc2)C1=O. The smallest absolute Gasteiger partial charge is 0.325 e. The number of hydrogen-bond donors (Lipinski definition) is 2. The number of halogens is 1. The Morgan fingerprint density at radius 1 is 1.13 bits per heavy atom. The number of carbonyl (C=O) groups excluding carboxylic acids is 3. The van der Waals surface area contributed by atoms with E-state index in [2.05, 4.69) is 10.6 Å². The molecule has 1 atom stereocenters. The van der Waals surface area contributed by atoms with E-state index in [1.807, 2.05) is 18.2 Å². The Hall–Kier alpha value is -3.22. The van der Waals surface area contributed by atoms with E-state index in [1.165, 1.54) is 23.3 Å². The Kier molecular flexibility index (Phi) is 5.28. The molecule has 0 unspecified atom stereocenters. The second kappa shape index (κ2) is 7.89. The number of nitrogens with zero attached hydrogens (tertiary/aromatic N) is 1. The minimum Gasteiger partial charge on any atom is -0.354 e. The van der Waals surface area contributed by atoms with Gasteiger partial charge in [-0.3, -0.25) is 14.5 Å². The lowest BCUT2D eigenvalue weighted by Crippen LogP contribution is -2.43. The van der Waals surface area contributed by atoms with Gasteiger partial charge in [0, 0.05) is 6.54 Å². The topological polar surface area (TPSA) is 78.5 Å². The summed E-state index contributed by atoms with van der Waals surface area (Å²) < 4.78 is 12.9. The molecule has 7 heteroatoms. The van der Waals surface area contributed by atoms with Crippen molar-refractivity contribution in [3.8, 4) is 0 Å². The van der Waals surface area contributed by atoms with Crippen molar-refractivity contribution in [1.29, 1.82) is 0 Å². The van der Waals surface area contributed by atoms with Gasteiger partial charge in [-0.15, -0.1) is 0 Å². The maximum absolute atomic E-state index is 13.0. The Labute approximate surface area is 174 Å². The van der Waals surface area contributed by atoms with Crippen LogP contribution in [0.3, 0.4) is 0 Å². The van der Waals surface area contributed by atoms with E-state index < -0.39 is 23.4 Å². The average Bonchev–Trinajstić information content (AvgIpc) is 3.28. The minimum absolute atomic E-state index is 0.312. The standard InChI is InChI=1S/C23H24FN3O3/c1-23(18-8-7-16-3-2-4-17(16)13-18)21(29)27(22(30)26-23)14-20(28)25-12-11-15-5-9-19(24)10-6-15/h5-10,13H,2-4,11-12,14H2,1H3,(H,25,28)(H,26,30)/t23-/m1/s1. The number of nitrogens with one attached hydrogen (secondary N) is 2. The van der Waals surface area contributed by atoms with Crippen molar-refractivity contribution in [2.45, 2.75) is 38.1 Å². The molecule has 0 aromatic heterocycles. The zero-order valence-corrected chi connectivity index (χ0v) is 16.8. The van der Waals surface area contributed by atoms with Gasteiger partial charge in [-0.05, 0) is 67.0 Å². The number of fused-ring (bicyclic) bond motifs is 1. The first kappa shape index (κ1) is 20.1. The van der Waals surface area contributed by atoms with Crippen LogP contribution in [0.5, 0.6) is 0 Å². The highest BCUT2D eigenvalue weighted by Crippen LogP contribution is 2.32. The monoisotopic (exact) mass is 409 g/mol. The predicted octanol–water partition coefficient (Wildman–Crippen LogP) is 2.44. The molecule has 4 rings (SSSR count). The van der Waals surface area contributed by atoms with E-state index in [0.29, 0.717) is 13.0 Å². The number of hydrogen-bond acceptors (Lipinski definition) is 3. The summed E-state index contributed by atoms with van der Waals surface area (Å²) in [4.78, 5) is 38.7. The fourth-order valence-electron chi connectivity index (χ4n) is 4.12. The Morgan fingerprint density at radius 3 is 2.63 bits per heavy atom. The first-order valence-electron chi connectivity index (χ1n) is 10.1. The summed E-state index contributed by atoms with van der Waals surface area (Å²) in [6.07, 6.45) is 3.64. The van der Waals surface area contributed by atoms with E-state index in [4.69, 9.17) is 0 Å². The molecule has 2 aliphatic rings. The summed E-state index contributed by atoms with van der Waals surface area (Å²) in [5.74, 6) is -1.16. The summed E-state index contributed by atoms with van der Waals surface area (Å²) in [5.41, 5.74) is 2.95. The molecule has 0 saturated carbocycles. The first-order valence-corrected chi connectivity index (χ1v) is 10.1. The number of imide groups is 1. The highest BCUT2D eigenvalue weighted by molar-refractivity contribution is 6.09. The number of amides is 4. The van der Waals surface area contributed by atoms with Gasteiger partial charge in [0.05, 0.1) is 0 Å². The molecular formula is C23H24FN3O3. The maximum Gasteiger partial charge on any atom is 0.325 e. The van der Waals surface area contributed by atoms with E-state index in [0.717, 1.165) is 35.3 Å². The van der Waals surface area contributed by atoms with Crippen molar-refractivity contribution >= 4 is 17.8 Å². The summed E-state index contributed by atoms with van der Waals surface area (Å²) in [7, 11) is 0. The van der Waals surface area contributed by atoms with E-state index in [-0.39, 0.29) is 12.4 Å². The van der Waals surface area contributed by atoms with E-state index in [1.54, 1.807) is 19.1 Å². The Balaban J connectivity index is 1.37. The molecular weight excluding hydrogens is 385 g/mol. The minimum atomic E-state index is -1.18. The largest absolute Gasteiger partial charge is 0.354 e. The third kappa shape index (κ3) is 3.79. The molecule has 2 aromatic carbocycles. The molecule has 156 valence electrons. The first-order chi connectivity index (χ1) is 14.4. The molecule has 2 aromatic rings. The number of carbonyl (C=O) groups is 3. The van der Waals surface area contributed by atoms with Gasteiger partial charge in [0.25, 0.3) is 5.91 Å². The number of urea groups is 1. The van der Waals surface area contributed by atoms with Gasteiger partial charge in [0.15, 0.2) is 0 Å². The molecule has 1 aliphatic heterocycles. The number of benzene rings is 2. The van der Waals surface area contributed by atoms with E-state index >= 15 is 0 Å². The quantitative estimate of drug-likeness (QED) is 0.720. The number of rotatable bonds is 6. The Bertz CT molecular complexity index is 1010. The summed E-state index contributed by atoms with van der Waals surface area (Å²) in [6, 6.07) is 11.4. The lowest BCUT2D eigenvalue weighted by atomic mass is 9.89. The molecule has 30 heavy (non-hydrogen) atoms. The molecule has 6 nitrogen and oxygen atoms in total. The lowest BCUT2D eigenvalue weighted by molar-refractivity contribution is -0.134. The normalized spacial score (nSPS) is 20.3. The molecule has 0 bridgehead atoms. The summed E-state index contributed by atoms with van der Waals surface area (Å²) in [6.45, 7) is 1.67. The van der Waals surface area contributed by atoms with Crippen LogP contribution in [0.15, 0.2) is 42.5 Å². The molecule has 0 spiro atoms. The van der Waals surface area contributed by atoms with Crippen molar-refractivity contribution in [3.05, 3.63) is 70.5 Å². The van der Waals surface area contributed by atoms with Gasteiger partial charge in [0.2, 0.25) is 5.91 Å². The third-order valence-electron chi connectivity index (χ3n) is 5.90. The van der Waals surface area contributed by atoms with E-state index in [9.17, 15) is 18.8 Å². The van der Waals surface area contributed by atoms with Crippen LogP contribution in [0.4, 0.5) is 9.18 Å².